The van der Waals surface area contributed by atoms with Crippen molar-refractivity contribution in [2.45, 2.75) is 32.6 Å². The van der Waals surface area contributed by atoms with Crippen molar-refractivity contribution in [3.05, 3.63) is 71.6 Å². The van der Waals surface area contributed by atoms with E-state index in [1.165, 1.54) is 0 Å². The number of halogens is 2. The van der Waals surface area contributed by atoms with Crippen molar-refractivity contribution in [3.8, 4) is 5.82 Å². The van der Waals surface area contributed by atoms with Crippen molar-refractivity contribution in [1.29, 1.82) is 0 Å². The summed E-state index contributed by atoms with van der Waals surface area (Å²) in [5.74, 6) is -1.82. The molecule has 2 N–H and O–H groups in total. The third-order valence-corrected chi connectivity index (χ3v) is 4.42. The highest BCUT2D eigenvalue weighted by molar-refractivity contribution is 5.95. The summed E-state index contributed by atoms with van der Waals surface area (Å²) in [4.78, 5) is 28.8. The van der Waals surface area contributed by atoms with Crippen LogP contribution in [0.15, 0.2) is 48.7 Å². The van der Waals surface area contributed by atoms with Gasteiger partial charge in [0.05, 0.1) is 11.3 Å². The predicted molar refractivity (Wildman–Crippen MR) is 112 cm³/mol. The Morgan fingerprint density at radius 2 is 1.87 bits per heavy atom. The van der Waals surface area contributed by atoms with E-state index < -0.39 is 17.5 Å². The average molecular weight is 427 g/mol. The van der Waals surface area contributed by atoms with E-state index in [0.717, 1.165) is 17.8 Å². The van der Waals surface area contributed by atoms with Crippen LogP contribution in [-0.2, 0) is 10.2 Å². The van der Waals surface area contributed by atoms with E-state index in [1.54, 1.807) is 29.1 Å². The Balaban J connectivity index is 1.66. The largest absolute Gasteiger partial charge is 0.351 e. The summed E-state index contributed by atoms with van der Waals surface area (Å²) in [6.45, 7) is 6.00. The van der Waals surface area contributed by atoms with Crippen LogP contribution in [0, 0.1) is 11.6 Å². The molecule has 0 spiro atoms. The number of carbonyl (C=O) groups is 2. The molecule has 0 fully saturated rings. The highest BCUT2D eigenvalue weighted by Crippen LogP contribution is 2.25. The van der Waals surface area contributed by atoms with Crippen LogP contribution >= 0.6 is 0 Å². The Morgan fingerprint density at radius 3 is 2.52 bits per heavy atom. The van der Waals surface area contributed by atoms with E-state index in [1.807, 2.05) is 26.8 Å². The molecule has 0 aliphatic rings. The van der Waals surface area contributed by atoms with Crippen molar-refractivity contribution < 1.29 is 18.4 Å². The van der Waals surface area contributed by atoms with Crippen LogP contribution in [0.2, 0.25) is 0 Å². The lowest BCUT2D eigenvalue weighted by Crippen LogP contribution is -2.28. The number of nitrogens with zero attached hydrogens (tertiary/aromatic N) is 3. The van der Waals surface area contributed by atoms with Crippen molar-refractivity contribution in [3.63, 3.8) is 0 Å². The molecule has 0 bridgehead atoms. The lowest BCUT2D eigenvalue weighted by Gasteiger charge is -2.13. The molecule has 3 aromatic rings. The van der Waals surface area contributed by atoms with Crippen LogP contribution in [0.5, 0.6) is 0 Å². The minimum absolute atomic E-state index is 0.0225. The summed E-state index contributed by atoms with van der Waals surface area (Å²) in [7, 11) is 0. The van der Waals surface area contributed by atoms with Gasteiger partial charge in [0, 0.05) is 36.7 Å². The molecule has 0 atom stereocenters. The molecule has 0 aliphatic carbocycles. The van der Waals surface area contributed by atoms with E-state index in [9.17, 15) is 18.4 Å². The quantitative estimate of drug-likeness (QED) is 0.629. The molecule has 0 aliphatic heterocycles. The van der Waals surface area contributed by atoms with Gasteiger partial charge < -0.3 is 10.6 Å². The molecule has 0 saturated heterocycles. The fraction of sp³-hybridized carbons (Fsp3) is 0.273. The lowest BCUT2D eigenvalue weighted by atomic mass is 9.92. The third-order valence-electron chi connectivity index (χ3n) is 4.42. The van der Waals surface area contributed by atoms with Gasteiger partial charge in [0.1, 0.15) is 17.5 Å². The van der Waals surface area contributed by atoms with E-state index in [4.69, 9.17) is 0 Å². The van der Waals surface area contributed by atoms with E-state index in [-0.39, 0.29) is 29.9 Å². The first-order valence-electron chi connectivity index (χ1n) is 9.70. The van der Waals surface area contributed by atoms with E-state index in [2.05, 4.69) is 20.7 Å². The van der Waals surface area contributed by atoms with Crippen LogP contribution in [0.1, 0.15) is 43.2 Å². The van der Waals surface area contributed by atoms with E-state index in [0.29, 0.717) is 17.7 Å². The molecular formula is C22H23F2N5O2. The van der Waals surface area contributed by atoms with Gasteiger partial charge in [-0.15, -0.1) is 0 Å². The van der Waals surface area contributed by atoms with Crippen LogP contribution in [0.25, 0.3) is 5.82 Å². The Labute approximate surface area is 178 Å². The first-order chi connectivity index (χ1) is 14.6. The summed E-state index contributed by atoms with van der Waals surface area (Å²) >= 11 is 0. The molecule has 3 rings (SSSR count). The molecule has 1 aromatic carbocycles. The van der Waals surface area contributed by atoms with Gasteiger partial charge in [-0.25, -0.2) is 13.8 Å². The van der Waals surface area contributed by atoms with Gasteiger partial charge >= 0.3 is 0 Å². The molecular weight excluding hydrogens is 404 g/mol. The van der Waals surface area contributed by atoms with Crippen molar-refractivity contribution in [1.82, 2.24) is 20.1 Å². The Morgan fingerprint density at radius 1 is 1.10 bits per heavy atom. The van der Waals surface area contributed by atoms with Crippen molar-refractivity contribution in [2.75, 3.05) is 11.9 Å². The van der Waals surface area contributed by atoms with Crippen LogP contribution in [0.4, 0.5) is 14.6 Å². The average Bonchev–Trinajstić information content (AvgIpc) is 3.12. The number of hydrogen-bond donors (Lipinski definition) is 2. The molecule has 2 heterocycles. The monoisotopic (exact) mass is 427 g/mol. The molecule has 7 nitrogen and oxygen atoms in total. The minimum atomic E-state index is -0.962. The van der Waals surface area contributed by atoms with Gasteiger partial charge in [0.25, 0.3) is 5.91 Å². The Kier molecular flexibility index (Phi) is 6.43. The lowest BCUT2D eigenvalue weighted by molar-refractivity contribution is -0.116. The minimum Gasteiger partial charge on any atom is -0.351 e. The molecule has 0 radical (unpaired) electrons. The van der Waals surface area contributed by atoms with Crippen LogP contribution in [-0.4, -0.2) is 33.1 Å². The zero-order chi connectivity index (χ0) is 22.6. The van der Waals surface area contributed by atoms with Gasteiger partial charge in [0.15, 0.2) is 5.82 Å². The maximum absolute atomic E-state index is 13.7. The zero-order valence-electron chi connectivity index (χ0n) is 17.4. The zero-order valence-corrected chi connectivity index (χ0v) is 17.4. The fourth-order valence-electron chi connectivity index (χ4n) is 2.75. The third kappa shape index (κ3) is 5.50. The van der Waals surface area contributed by atoms with Gasteiger partial charge in [-0.2, -0.15) is 9.78 Å². The number of rotatable bonds is 6. The molecule has 162 valence electrons. The maximum Gasteiger partial charge on any atom is 0.254 e. The SMILES string of the molecule is CC(C)(C)c1cc(NC(=O)CCNC(=O)c2ccc(F)cc2F)n(-c2ccccn2)n1. The summed E-state index contributed by atoms with van der Waals surface area (Å²) in [5, 5.41) is 9.80. The Bertz CT molecular complexity index is 1090. The number of nitrogens with one attached hydrogen (secondary N) is 2. The number of hydrogen-bond acceptors (Lipinski definition) is 4. The first kappa shape index (κ1) is 22.1. The summed E-state index contributed by atoms with van der Waals surface area (Å²) < 4.78 is 28.2. The molecule has 0 saturated carbocycles. The number of aromatic nitrogens is 3. The smallest absolute Gasteiger partial charge is 0.254 e. The van der Waals surface area contributed by atoms with Crippen LogP contribution < -0.4 is 10.6 Å². The number of pyridine rings is 1. The van der Waals surface area contributed by atoms with E-state index >= 15 is 0 Å². The molecule has 2 amide bonds. The number of benzene rings is 1. The van der Waals surface area contributed by atoms with Crippen molar-refractivity contribution >= 4 is 17.6 Å². The second kappa shape index (κ2) is 9.03. The summed E-state index contributed by atoms with van der Waals surface area (Å²) in [5.41, 5.74) is 0.241. The highest BCUT2D eigenvalue weighted by Gasteiger charge is 2.22. The highest BCUT2D eigenvalue weighted by atomic mass is 19.1. The second-order valence-corrected chi connectivity index (χ2v) is 7.94. The summed E-state index contributed by atoms with van der Waals surface area (Å²) in [6, 6.07) is 9.83. The van der Waals surface area contributed by atoms with Gasteiger partial charge in [-0.3, -0.25) is 9.59 Å². The molecule has 2 aromatic heterocycles. The van der Waals surface area contributed by atoms with Crippen LogP contribution in [0.3, 0.4) is 0 Å². The standard InChI is InChI=1S/C22H23F2N5O2/c1-22(2,3)17-13-19(29(28-17)18-6-4-5-10-25-18)27-20(30)9-11-26-21(31)15-8-7-14(23)12-16(15)24/h4-8,10,12-13H,9,11H2,1-3H3,(H,26,31)(H,27,30). The molecule has 31 heavy (non-hydrogen) atoms. The normalized spacial score (nSPS) is 11.3. The number of carbonyl (C=O) groups excluding carboxylic acids is 2. The van der Waals surface area contributed by atoms with Gasteiger partial charge in [0.2, 0.25) is 5.91 Å². The van der Waals surface area contributed by atoms with Crippen molar-refractivity contribution in [2.24, 2.45) is 0 Å². The molecule has 0 unspecified atom stereocenters. The van der Waals surface area contributed by atoms with Gasteiger partial charge in [-0.05, 0) is 24.3 Å². The maximum atomic E-state index is 13.7. The molecule has 9 heteroatoms. The first-order valence-corrected chi connectivity index (χ1v) is 9.70. The fourth-order valence-corrected chi connectivity index (χ4v) is 2.75. The number of anilines is 1. The Hall–Kier alpha value is -3.62. The number of amides is 2. The summed E-state index contributed by atoms with van der Waals surface area (Å²) in [6.07, 6.45) is 1.58. The second-order valence-electron chi connectivity index (χ2n) is 7.94. The van der Waals surface area contributed by atoms with Gasteiger partial charge in [-0.1, -0.05) is 26.8 Å². The predicted octanol–water partition coefficient (Wildman–Crippen LogP) is 3.60. The topological polar surface area (TPSA) is 88.9 Å².